The highest BCUT2D eigenvalue weighted by Crippen LogP contribution is 2.13. The largest absolute Gasteiger partial charge is 0.390 e. The van der Waals surface area contributed by atoms with Crippen molar-refractivity contribution < 1.29 is 5.11 Å². The average molecular weight is 312 g/mol. The Bertz CT molecular complexity index is 654. The van der Waals surface area contributed by atoms with Gasteiger partial charge in [0.1, 0.15) is 5.69 Å². The van der Waals surface area contributed by atoms with E-state index >= 15 is 0 Å². The van der Waals surface area contributed by atoms with E-state index < -0.39 is 0 Å². The number of aliphatic hydroxyl groups is 1. The van der Waals surface area contributed by atoms with Crippen molar-refractivity contribution in [2.24, 2.45) is 0 Å². The average Bonchev–Trinajstić information content (AvgIpc) is 3.21. The Labute approximate surface area is 137 Å². The van der Waals surface area contributed by atoms with Crippen LogP contribution in [0.25, 0.3) is 12.2 Å². The van der Waals surface area contributed by atoms with E-state index in [9.17, 15) is 5.11 Å². The predicted molar refractivity (Wildman–Crippen MR) is 91.7 cm³/mol. The van der Waals surface area contributed by atoms with Gasteiger partial charge in [-0.3, -0.25) is 0 Å². The van der Waals surface area contributed by atoms with E-state index in [4.69, 9.17) is 0 Å². The minimum absolute atomic E-state index is 0.0860. The third-order valence-electron chi connectivity index (χ3n) is 4.33. The van der Waals surface area contributed by atoms with Crippen molar-refractivity contribution in [1.29, 1.82) is 0 Å². The molecule has 0 bridgehead atoms. The number of nitrogens with zero attached hydrogens (tertiary/aromatic N) is 4. The van der Waals surface area contributed by atoms with Crippen LogP contribution in [0.3, 0.4) is 0 Å². The Morgan fingerprint density at radius 3 is 2.52 bits per heavy atom. The second kappa shape index (κ2) is 7.53. The van der Waals surface area contributed by atoms with Crippen LogP contribution in [0.1, 0.15) is 35.4 Å². The van der Waals surface area contributed by atoms with Crippen LogP contribution in [-0.2, 0) is 13.2 Å². The SMILES string of the molecule is Cc1ccc(/C=C/c2c(CO)nnn2CCN2CCCC2)cc1. The molecule has 1 fully saturated rings. The zero-order chi connectivity index (χ0) is 16.1. The van der Waals surface area contributed by atoms with Crippen LogP contribution in [0.2, 0.25) is 0 Å². The molecule has 1 aromatic heterocycles. The van der Waals surface area contributed by atoms with Gasteiger partial charge in [0, 0.05) is 6.54 Å². The minimum Gasteiger partial charge on any atom is -0.390 e. The van der Waals surface area contributed by atoms with Crippen molar-refractivity contribution in [3.8, 4) is 0 Å². The molecule has 2 heterocycles. The normalized spacial score (nSPS) is 15.7. The van der Waals surface area contributed by atoms with Crippen molar-refractivity contribution >= 4 is 12.2 Å². The summed E-state index contributed by atoms with van der Waals surface area (Å²) in [6, 6.07) is 8.36. The van der Waals surface area contributed by atoms with Gasteiger partial charge in [-0.25, -0.2) is 4.68 Å². The molecule has 1 aliphatic heterocycles. The molecule has 0 amide bonds. The summed E-state index contributed by atoms with van der Waals surface area (Å²) in [6.07, 6.45) is 6.63. The maximum absolute atomic E-state index is 9.48. The molecule has 5 nitrogen and oxygen atoms in total. The van der Waals surface area contributed by atoms with Crippen molar-refractivity contribution in [3.63, 3.8) is 0 Å². The Hall–Kier alpha value is -1.98. The molecule has 122 valence electrons. The molecule has 0 atom stereocenters. The van der Waals surface area contributed by atoms with E-state index in [1.165, 1.54) is 31.5 Å². The third-order valence-corrected chi connectivity index (χ3v) is 4.33. The van der Waals surface area contributed by atoms with Crippen LogP contribution in [-0.4, -0.2) is 44.6 Å². The molecular weight excluding hydrogens is 288 g/mol. The monoisotopic (exact) mass is 312 g/mol. The van der Waals surface area contributed by atoms with Gasteiger partial charge in [-0.1, -0.05) is 41.1 Å². The lowest BCUT2D eigenvalue weighted by Crippen LogP contribution is -2.24. The first-order chi connectivity index (χ1) is 11.3. The van der Waals surface area contributed by atoms with Gasteiger partial charge >= 0.3 is 0 Å². The Morgan fingerprint density at radius 1 is 1.09 bits per heavy atom. The van der Waals surface area contributed by atoms with Gasteiger partial charge in [0.15, 0.2) is 0 Å². The minimum atomic E-state index is -0.0860. The van der Waals surface area contributed by atoms with E-state index in [2.05, 4.69) is 46.4 Å². The summed E-state index contributed by atoms with van der Waals surface area (Å²) in [5, 5.41) is 17.8. The number of benzene rings is 1. The van der Waals surface area contributed by atoms with Gasteiger partial charge in [0.25, 0.3) is 0 Å². The number of likely N-dealkylation sites (tertiary alicyclic amines) is 1. The van der Waals surface area contributed by atoms with Crippen molar-refractivity contribution in [2.75, 3.05) is 19.6 Å². The molecule has 1 saturated heterocycles. The zero-order valence-corrected chi connectivity index (χ0v) is 13.6. The van der Waals surface area contributed by atoms with E-state index in [-0.39, 0.29) is 6.61 Å². The summed E-state index contributed by atoms with van der Waals surface area (Å²) >= 11 is 0. The Kier molecular flexibility index (Phi) is 5.20. The Morgan fingerprint density at radius 2 is 1.83 bits per heavy atom. The highest BCUT2D eigenvalue weighted by Gasteiger charge is 2.14. The maximum Gasteiger partial charge on any atom is 0.115 e. The molecule has 1 N–H and O–H groups in total. The topological polar surface area (TPSA) is 54.2 Å². The molecule has 5 heteroatoms. The van der Waals surface area contributed by atoms with Gasteiger partial charge in [-0.2, -0.15) is 0 Å². The summed E-state index contributed by atoms with van der Waals surface area (Å²) in [5.74, 6) is 0. The molecule has 0 aliphatic carbocycles. The Balaban J connectivity index is 1.73. The van der Waals surface area contributed by atoms with E-state index in [0.717, 1.165) is 24.3 Å². The van der Waals surface area contributed by atoms with E-state index in [0.29, 0.717) is 5.69 Å². The number of hydrogen-bond donors (Lipinski definition) is 1. The number of aryl methyl sites for hydroxylation is 1. The molecule has 1 aromatic carbocycles. The van der Waals surface area contributed by atoms with Gasteiger partial charge < -0.3 is 10.0 Å². The third kappa shape index (κ3) is 4.06. The highest BCUT2D eigenvalue weighted by molar-refractivity contribution is 5.69. The van der Waals surface area contributed by atoms with Gasteiger partial charge in [-0.15, -0.1) is 5.10 Å². The van der Waals surface area contributed by atoms with Crippen molar-refractivity contribution in [1.82, 2.24) is 19.9 Å². The maximum atomic E-state index is 9.48. The second-order valence-electron chi connectivity index (χ2n) is 6.10. The van der Waals surface area contributed by atoms with Gasteiger partial charge in [-0.05, 0) is 44.5 Å². The molecule has 23 heavy (non-hydrogen) atoms. The van der Waals surface area contributed by atoms with E-state index in [1.807, 2.05) is 16.8 Å². The highest BCUT2D eigenvalue weighted by atomic mass is 16.3. The summed E-state index contributed by atoms with van der Waals surface area (Å²) in [7, 11) is 0. The summed E-state index contributed by atoms with van der Waals surface area (Å²) in [6.45, 7) is 6.14. The smallest absolute Gasteiger partial charge is 0.115 e. The number of aliphatic hydroxyl groups excluding tert-OH is 1. The molecule has 0 unspecified atom stereocenters. The first kappa shape index (κ1) is 15.9. The molecule has 1 aliphatic rings. The van der Waals surface area contributed by atoms with Gasteiger partial charge in [0.05, 0.1) is 18.8 Å². The van der Waals surface area contributed by atoms with Crippen molar-refractivity contribution in [2.45, 2.75) is 32.9 Å². The van der Waals surface area contributed by atoms with Crippen LogP contribution in [0, 0.1) is 6.92 Å². The van der Waals surface area contributed by atoms with Crippen LogP contribution >= 0.6 is 0 Å². The second-order valence-corrected chi connectivity index (χ2v) is 6.10. The molecule has 0 spiro atoms. The fourth-order valence-electron chi connectivity index (χ4n) is 2.91. The standard InChI is InChI=1S/C18H24N4O/c1-15-4-6-16(7-5-15)8-9-18-17(14-23)19-20-22(18)13-12-21-10-2-3-11-21/h4-9,23H,2-3,10-14H2,1H3/b9-8+. The fraction of sp³-hybridized carbons (Fsp3) is 0.444. The lowest BCUT2D eigenvalue weighted by Gasteiger charge is -2.14. The van der Waals surface area contributed by atoms with E-state index in [1.54, 1.807) is 0 Å². The zero-order valence-electron chi connectivity index (χ0n) is 13.6. The lowest BCUT2D eigenvalue weighted by atomic mass is 10.1. The fourth-order valence-corrected chi connectivity index (χ4v) is 2.91. The van der Waals surface area contributed by atoms with Crippen LogP contribution in [0.5, 0.6) is 0 Å². The number of hydrogen-bond acceptors (Lipinski definition) is 4. The molecule has 0 radical (unpaired) electrons. The summed E-state index contributed by atoms with van der Waals surface area (Å²) < 4.78 is 1.90. The van der Waals surface area contributed by atoms with Crippen LogP contribution in [0.15, 0.2) is 24.3 Å². The number of rotatable bonds is 6. The molecule has 0 saturated carbocycles. The number of aromatic nitrogens is 3. The van der Waals surface area contributed by atoms with Gasteiger partial charge in [0.2, 0.25) is 0 Å². The van der Waals surface area contributed by atoms with Crippen molar-refractivity contribution in [3.05, 3.63) is 46.8 Å². The lowest BCUT2D eigenvalue weighted by molar-refractivity contribution is 0.276. The molecule has 2 aromatic rings. The molecule has 3 rings (SSSR count). The first-order valence-corrected chi connectivity index (χ1v) is 8.26. The summed E-state index contributed by atoms with van der Waals surface area (Å²) in [5.41, 5.74) is 3.91. The molecular formula is C18H24N4O. The summed E-state index contributed by atoms with van der Waals surface area (Å²) in [4.78, 5) is 2.45. The first-order valence-electron chi connectivity index (χ1n) is 8.26. The van der Waals surface area contributed by atoms with Crippen LogP contribution < -0.4 is 0 Å². The quantitative estimate of drug-likeness (QED) is 0.889. The predicted octanol–water partition coefficient (Wildman–Crippen LogP) is 2.35. The van der Waals surface area contributed by atoms with Crippen LogP contribution in [0.4, 0.5) is 0 Å².